The Hall–Kier alpha value is -1.95. The van der Waals surface area contributed by atoms with E-state index in [0.717, 1.165) is 43.5 Å². The van der Waals surface area contributed by atoms with Crippen molar-refractivity contribution in [3.8, 4) is 0 Å². The summed E-state index contributed by atoms with van der Waals surface area (Å²) >= 11 is 0. The van der Waals surface area contributed by atoms with Crippen LogP contribution in [0.3, 0.4) is 0 Å². The minimum atomic E-state index is 0.102. The molecule has 0 atom stereocenters. The molecule has 1 fully saturated rings. The quantitative estimate of drug-likeness (QED) is 0.856. The molecule has 2 heterocycles. The van der Waals surface area contributed by atoms with Gasteiger partial charge in [-0.15, -0.1) is 5.10 Å². The number of amides is 1. The smallest absolute Gasteiger partial charge is 0.244 e. The number of nitrogens with zero attached hydrogens (tertiary/aromatic N) is 5. The Balaban J connectivity index is 1.64. The zero-order valence-electron chi connectivity index (χ0n) is 13.3. The van der Waals surface area contributed by atoms with E-state index in [1.54, 1.807) is 4.68 Å². The van der Waals surface area contributed by atoms with Gasteiger partial charge in [0.25, 0.3) is 0 Å². The number of piperidine rings is 1. The summed E-state index contributed by atoms with van der Waals surface area (Å²) in [6, 6.07) is 8.06. The van der Waals surface area contributed by atoms with E-state index in [1.807, 2.05) is 36.2 Å². The van der Waals surface area contributed by atoms with Crippen molar-refractivity contribution in [2.75, 3.05) is 26.7 Å². The maximum atomic E-state index is 12.5. The number of likely N-dealkylation sites (tertiary alicyclic amines) is 1. The van der Waals surface area contributed by atoms with Crippen LogP contribution in [0.15, 0.2) is 24.3 Å². The van der Waals surface area contributed by atoms with Crippen molar-refractivity contribution in [3.05, 3.63) is 24.3 Å². The second-order valence-electron chi connectivity index (χ2n) is 5.91. The molecule has 0 spiro atoms. The van der Waals surface area contributed by atoms with Gasteiger partial charge >= 0.3 is 0 Å². The van der Waals surface area contributed by atoms with Crippen LogP contribution in [-0.4, -0.2) is 63.4 Å². The Morgan fingerprint density at radius 1 is 1.32 bits per heavy atom. The molecule has 2 aromatic rings. The largest absolute Gasteiger partial charge is 0.341 e. The molecule has 3 rings (SSSR count). The first-order chi connectivity index (χ1) is 10.7. The molecule has 0 bridgehead atoms. The Kier molecular flexibility index (Phi) is 4.38. The van der Waals surface area contributed by atoms with Crippen LogP contribution >= 0.6 is 0 Å². The molecule has 1 aromatic heterocycles. The van der Waals surface area contributed by atoms with Gasteiger partial charge in [-0.25, -0.2) is 4.68 Å². The molecule has 1 amide bonds. The minimum Gasteiger partial charge on any atom is -0.341 e. The molecule has 1 saturated heterocycles. The lowest BCUT2D eigenvalue weighted by Gasteiger charge is -2.36. The average Bonchev–Trinajstić information content (AvgIpc) is 2.97. The molecule has 6 nitrogen and oxygen atoms in total. The highest BCUT2D eigenvalue weighted by atomic mass is 16.2. The lowest BCUT2D eigenvalue weighted by atomic mass is 10.0. The second-order valence-corrected chi connectivity index (χ2v) is 5.91. The molecule has 0 radical (unpaired) electrons. The average molecular weight is 301 g/mol. The zero-order valence-corrected chi connectivity index (χ0v) is 13.3. The zero-order chi connectivity index (χ0) is 15.5. The third-order valence-corrected chi connectivity index (χ3v) is 4.65. The summed E-state index contributed by atoms with van der Waals surface area (Å²) in [6.07, 6.45) is 2.10. The number of rotatable bonds is 4. The van der Waals surface area contributed by atoms with Crippen molar-refractivity contribution in [3.63, 3.8) is 0 Å². The third-order valence-electron chi connectivity index (χ3n) is 4.65. The number of likely N-dealkylation sites (N-methyl/N-ethyl adjacent to an activating group) is 1. The van der Waals surface area contributed by atoms with Crippen LogP contribution in [0.4, 0.5) is 0 Å². The van der Waals surface area contributed by atoms with Crippen molar-refractivity contribution in [1.29, 1.82) is 0 Å². The Labute approximate surface area is 130 Å². The molecule has 1 aliphatic heterocycles. The highest BCUT2D eigenvalue weighted by molar-refractivity contribution is 5.79. The lowest BCUT2D eigenvalue weighted by Crippen LogP contribution is -2.46. The van der Waals surface area contributed by atoms with Gasteiger partial charge in [0, 0.05) is 26.2 Å². The lowest BCUT2D eigenvalue weighted by molar-refractivity contribution is -0.133. The summed E-state index contributed by atoms with van der Waals surface area (Å²) in [4.78, 5) is 16.9. The molecule has 22 heavy (non-hydrogen) atoms. The fraction of sp³-hybridized carbons (Fsp3) is 0.562. The van der Waals surface area contributed by atoms with Crippen molar-refractivity contribution in [2.24, 2.45) is 0 Å². The van der Waals surface area contributed by atoms with E-state index in [2.05, 4.69) is 22.1 Å². The standard InChI is InChI=1S/C16H23N5O/c1-3-20-10-8-13(9-11-20)19(2)16(22)12-21-15-7-5-4-6-14(15)17-18-21/h4-7,13H,3,8-12H2,1-2H3. The predicted molar refractivity (Wildman–Crippen MR) is 85.4 cm³/mol. The number of hydrogen-bond acceptors (Lipinski definition) is 4. The summed E-state index contributed by atoms with van der Waals surface area (Å²) in [6.45, 7) is 5.68. The molecule has 1 aliphatic rings. The van der Waals surface area contributed by atoms with Gasteiger partial charge < -0.3 is 9.80 Å². The normalized spacial score (nSPS) is 17.0. The highest BCUT2D eigenvalue weighted by Gasteiger charge is 2.25. The maximum absolute atomic E-state index is 12.5. The highest BCUT2D eigenvalue weighted by Crippen LogP contribution is 2.16. The molecular weight excluding hydrogens is 278 g/mol. The number of carbonyl (C=O) groups is 1. The Bertz CT molecular complexity index is 645. The summed E-state index contributed by atoms with van der Waals surface area (Å²) < 4.78 is 1.69. The molecule has 0 saturated carbocycles. The van der Waals surface area contributed by atoms with Crippen molar-refractivity contribution >= 4 is 16.9 Å². The van der Waals surface area contributed by atoms with Crippen LogP contribution in [-0.2, 0) is 11.3 Å². The van der Waals surface area contributed by atoms with E-state index in [9.17, 15) is 4.79 Å². The van der Waals surface area contributed by atoms with Crippen LogP contribution in [0, 0.1) is 0 Å². The fourth-order valence-corrected chi connectivity index (χ4v) is 3.10. The van der Waals surface area contributed by atoms with Gasteiger partial charge in [0.1, 0.15) is 12.1 Å². The monoisotopic (exact) mass is 301 g/mol. The Morgan fingerprint density at radius 2 is 2.05 bits per heavy atom. The van der Waals surface area contributed by atoms with E-state index in [1.165, 1.54) is 0 Å². The fourth-order valence-electron chi connectivity index (χ4n) is 3.10. The van der Waals surface area contributed by atoms with Gasteiger partial charge in [-0.2, -0.15) is 0 Å². The van der Waals surface area contributed by atoms with Gasteiger partial charge in [-0.3, -0.25) is 4.79 Å². The van der Waals surface area contributed by atoms with Crippen LogP contribution in [0.2, 0.25) is 0 Å². The molecule has 0 aliphatic carbocycles. The molecule has 0 unspecified atom stereocenters. The van der Waals surface area contributed by atoms with Gasteiger partial charge in [0.05, 0.1) is 5.52 Å². The summed E-state index contributed by atoms with van der Waals surface area (Å²) in [5, 5.41) is 8.20. The van der Waals surface area contributed by atoms with Crippen molar-refractivity contribution in [2.45, 2.75) is 32.4 Å². The molecule has 0 N–H and O–H groups in total. The van der Waals surface area contributed by atoms with Gasteiger partial charge in [0.15, 0.2) is 0 Å². The van der Waals surface area contributed by atoms with Crippen LogP contribution in [0.5, 0.6) is 0 Å². The number of benzene rings is 1. The van der Waals surface area contributed by atoms with Gasteiger partial charge in [0.2, 0.25) is 5.91 Å². The first-order valence-corrected chi connectivity index (χ1v) is 7.95. The van der Waals surface area contributed by atoms with E-state index < -0.39 is 0 Å². The van der Waals surface area contributed by atoms with E-state index in [0.29, 0.717) is 6.04 Å². The van der Waals surface area contributed by atoms with Gasteiger partial charge in [-0.1, -0.05) is 24.3 Å². The first-order valence-electron chi connectivity index (χ1n) is 7.95. The summed E-state index contributed by atoms with van der Waals surface area (Å²) in [7, 11) is 1.91. The summed E-state index contributed by atoms with van der Waals surface area (Å²) in [5.74, 6) is 0.102. The van der Waals surface area contributed by atoms with Gasteiger partial charge in [-0.05, 0) is 31.5 Å². The van der Waals surface area contributed by atoms with Crippen molar-refractivity contribution < 1.29 is 4.79 Å². The molecular formula is C16H23N5O. The second kappa shape index (κ2) is 6.44. The maximum Gasteiger partial charge on any atom is 0.244 e. The summed E-state index contributed by atoms with van der Waals surface area (Å²) in [5.41, 5.74) is 1.74. The Morgan fingerprint density at radius 3 is 2.77 bits per heavy atom. The predicted octanol–water partition coefficient (Wildman–Crippen LogP) is 1.37. The number of fused-ring (bicyclic) bond motifs is 1. The molecule has 1 aromatic carbocycles. The topological polar surface area (TPSA) is 54.3 Å². The van der Waals surface area contributed by atoms with Crippen molar-refractivity contribution in [1.82, 2.24) is 24.8 Å². The number of para-hydroxylation sites is 1. The SMILES string of the molecule is CCN1CCC(N(C)C(=O)Cn2nnc3ccccc32)CC1. The van der Waals surface area contributed by atoms with Crippen LogP contribution < -0.4 is 0 Å². The van der Waals surface area contributed by atoms with E-state index in [-0.39, 0.29) is 12.5 Å². The van der Waals surface area contributed by atoms with Crippen LogP contribution in [0.25, 0.3) is 11.0 Å². The number of hydrogen-bond donors (Lipinski definition) is 0. The first kappa shape index (κ1) is 15.0. The van der Waals surface area contributed by atoms with Crippen LogP contribution in [0.1, 0.15) is 19.8 Å². The van der Waals surface area contributed by atoms with E-state index >= 15 is 0 Å². The molecule has 118 valence electrons. The number of aromatic nitrogens is 3. The number of carbonyl (C=O) groups excluding carboxylic acids is 1. The minimum absolute atomic E-state index is 0.102. The third kappa shape index (κ3) is 2.97. The molecule has 6 heteroatoms. The van der Waals surface area contributed by atoms with E-state index in [4.69, 9.17) is 0 Å².